The standard InChI is InChI=1S/C14H14N4S/c1-9-8-19-13(16-9)7-15-14-12-6-4-3-5-11(12)10(2)17-18-14/h3-6,8H,7H2,1-2H3,(H,15,18). The molecule has 0 fully saturated rings. The molecular weight excluding hydrogens is 256 g/mol. The first-order valence-electron chi connectivity index (χ1n) is 6.11. The Hall–Kier alpha value is -2.01. The fourth-order valence-electron chi connectivity index (χ4n) is 2.01. The molecule has 0 bridgehead atoms. The largest absolute Gasteiger partial charge is 0.362 e. The number of anilines is 1. The van der Waals surface area contributed by atoms with Crippen molar-refractivity contribution in [2.45, 2.75) is 20.4 Å². The van der Waals surface area contributed by atoms with Crippen LogP contribution in [0.3, 0.4) is 0 Å². The van der Waals surface area contributed by atoms with Gasteiger partial charge < -0.3 is 5.32 Å². The molecule has 5 heteroatoms. The summed E-state index contributed by atoms with van der Waals surface area (Å²) in [6.45, 7) is 4.66. The van der Waals surface area contributed by atoms with Gasteiger partial charge in [0, 0.05) is 21.8 Å². The molecule has 1 aromatic carbocycles. The van der Waals surface area contributed by atoms with Crippen molar-refractivity contribution in [2.75, 3.05) is 5.32 Å². The SMILES string of the molecule is Cc1csc(CNc2nnc(C)c3ccccc23)n1. The van der Waals surface area contributed by atoms with E-state index >= 15 is 0 Å². The number of thiazole rings is 1. The zero-order valence-electron chi connectivity index (χ0n) is 10.8. The molecule has 2 heterocycles. The molecule has 0 aliphatic rings. The van der Waals surface area contributed by atoms with Crippen LogP contribution in [0.15, 0.2) is 29.6 Å². The van der Waals surface area contributed by atoms with E-state index in [0.717, 1.165) is 33.0 Å². The van der Waals surface area contributed by atoms with Crippen LogP contribution in [0.25, 0.3) is 10.8 Å². The minimum absolute atomic E-state index is 0.681. The molecule has 0 saturated heterocycles. The molecule has 19 heavy (non-hydrogen) atoms. The first-order valence-corrected chi connectivity index (χ1v) is 6.99. The Bertz CT molecular complexity index is 720. The summed E-state index contributed by atoms with van der Waals surface area (Å²) in [5.41, 5.74) is 2.01. The molecule has 0 amide bonds. The van der Waals surface area contributed by atoms with Gasteiger partial charge in [-0.15, -0.1) is 16.4 Å². The number of benzene rings is 1. The number of aryl methyl sites for hydroxylation is 2. The summed E-state index contributed by atoms with van der Waals surface area (Å²) in [6.07, 6.45) is 0. The van der Waals surface area contributed by atoms with Crippen LogP contribution in [0.4, 0.5) is 5.82 Å². The van der Waals surface area contributed by atoms with Crippen LogP contribution in [0.5, 0.6) is 0 Å². The van der Waals surface area contributed by atoms with E-state index in [4.69, 9.17) is 0 Å². The van der Waals surface area contributed by atoms with Gasteiger partial charge in [-0.05, 0) is 13.8 Å². The molecule has 0 radical (unpaired) electrons. The van der Waals surface area contributed by atoms with Crippen LogP contribution in [0.1, 0.15) is 16.4 Å². The summed E-state index contributed by atoms with van der Waals surface area (Å²) in [7, 11) is 0. The Morgan fingerprint density at radius 3 is 2.63 bits per heavy atom. The second kappa shape index (κ2) is 4.93. The Labute approximate surface area is 115 Å². The molecule has 4 nitrogen and oxygen atoms in total. The Morgan fingerprint density at radius 2 is 1.89 bits per heavy atom. The van der Waals surface area contributed by atoms with Crippen molar-refractivity contribution >= 4 is 27.9 Å². The fourth-order valence-corrected chi connectivity index (χ4v) is 2.72. The van der Waals surface area contributed by atoms with Crippen molar-refractivity contribution in [3.63, 3.8) is 0 Å². The zero-order chi connectivity index (χ0) is 13.2. The number of hydrogen-bond acceptors (Lipinski definition) is 5. The monoisotopic (exact) mass is 270 g/mol. The third-order valence-electron chi connectivity index (χ3n) is 2.95. The summed E-state index contributed by atoms with van der Waals surface area (Å²) >= 11 is 1.66. The first-order chi connectivity index (χ1) is 9.24. The highest BCUT2D eigenvalue weighted by Crippen LogP contribution is 2.23. The maximum absolute atomic E-state index is 4.43. The van der Waals surface area contributed by atoms with E-state index in [9.17, 15) is 0 Å². The molecule has 3 rings (SSSR count). The number of hydrogen-bond donors (Lipinski definition) is 1. The lowest BCUT2D eigenvalue weighted by Gasteiger charge is -2.08. The molecule has 96 valence electrons. The highest BCUT2D eigenvalue weighted by atomic mass is 32.1. The van der Waals surface area contributed by atoms with Crippen LogP contribution in [0.2, 0.25) is 0 Å². The summed E-state index contributed by atoms with van der Waals surface area (Å²) in [6, 6.07) is 8.16. The highest BCUT2D eigenvalue weighted by molar-refractivity contribution is 7.09. The molecule has 0 spiro atoms. The van der Waals surface area contributed by atoms with E-state index in [-0.39, 0.29) is 0 Å². The van der Waals surface area contributed by atoms with Crippen molar-refractivity contribution in [1.29, 1.82) is 0 Å². The van der Waals surface area contributed by atoms with Gasteiger partial charge in [0.15, 0.2) is 5.82 Å². The third kappa shape index (κ3) is 2.42. The van der Waals surface area contributed by atoms with Crippen LogP contribution in [-0.2, 0) is 6.54 Å². The Morgan fingerprint density at radius 1 is 1.11 bits per heavy atom. The number of fused-ring (bicyclic) bond motifs is 1. The second-order valence-electron chi connectivity index (χ2n) is 4.42. The maximum atomic E-state index is 4.43. The topological polar surface area (TPSA) is 50.7 Å². The van der Waals surface area contributed by atoms with Crippen LogP contribution in [0, 0.1) is 13.8 Å². The molecule has 0 aliphatic carbocycles. The number of rotatable bonds is 3. The lowest BCUT2D eigenvalue weighted by atomic mass is 10.1. The van der Waals surface area contributed by atoms with Gasteiger partial charge in [-0.2, -0.15) is 5.10 Å². The van der Waals surface area contributed by atoms with Crippen molar-refractivity contribution in [2.24, 2.45) is 0 Å². The van der Waals surface area contributed by atoms with E-state index in [0.29, 0.717) is 6.54 Å². The summed E-state index contributed by atoms with van der Waals surface area (Å²) in [4.78, 5) is 4.43. The molecule has 0 unspecified atom stereocenters. The van der Waals surface area contributed by atoms with Gasteiger partial charge in [0.25, 0.3) is 0 Å². The van der Waals surface area contributed by atoms with Gasteiger partial charge in [0.05, 0.1) is 12.2 Å². The zero-order valence-corrected chi connectivity index (χ0v) is 11.7. The van der Waals surface area contributed by atoms with Gasteiger partial charge in [0.1, 0.15) is 5.01 Å². The van der Waals surface area contributed by atoms with Crippen LogP contribution in [-0.4, -0.2) is 15.2 Å². The van der Waals surface area contributed by atoms with Gasteiger partial charge >= 0.3 is 0 Å². The molecule has 0 atom stereocenters. The fraction of sp³-hybridized carbons (Fsp3) is 0.214. The predicted molar refractivity (Wildman–Crippen MR) is 78.5 cm³/mol. The lowest BCUT2D eigenvalue weighted by molar-refractivity contribution is 0.976. The normalized spacial score (nSPS) is 10.8. The summed E-state index contributed by atoms with van der Waals surface area (Å²) < 4.78 is 0. The van der Waals surface area contributed by atoms with Gasteiger partial charge in [-0.3, -0.25) is 0 Å². The molecule has 0 saturated carbocycles. The Balaban J connectivity index is 1.91. The molecule has 2 aromatic heterocycles. The average molecular weight is 270 g/mol. The molecule has 3 aromatic rings. The van der Waals surface area contributed by atoms with Crippen molar-refractivity contribution in [3.05, 3.63) is 46.0 Å². The number of aromatic nitrogens is 3. The highest BCUT2D eigenvalue weighted by Gasteiger charge is 2.06. The number of nitrogens with one attached hydrogen (secondary N) is 1. The van der Waals surface area contributed by atoms with Crippen LogP contribution >= 0.6 is 11.3 Å². The minimum Gasteiger partial charge on any atom is -0.362 e. The maximum Gasteiger partial charge on any atom is 0.156 e. The van der Waals surface area contributed by atoms with E-state index in [1.807, 2.05) is 26.0 Å². The van der Waals surface area contributed by atoms with Gasteiger partial charge in [-0.25, -0.2) is 4.98 Å². The van der Waals surface area contributed by atoms with E-state index in [2.05, 4.69) is 38.0 Å². The Kier molecular flexibility index (Phi) is 3.13. The average Bonchev–Trinajstić information content (AvgIpc) is 2.84. The van der Waals surface area contributed by atoms with Crippen molar-refractivity contribution < 1.29 is 0 Å². The van der Waals surface area contributed by atoms with Gasteiger partial charge in [0.2, 0.25) is 0 Å². The summed E-state index contributed by atoms with van der Waals surface area (Å²) in [5, 5.41) is 17.1. The molecule has 0 aliphatic heterocycles. The van der Waals surface area contributed by atoms with Crippen molar-refractivity contribution in [1.82, 2.24) is 15.2 Å². The summed E-state index contributed by atoms with van der Waals surface area (Å²) in [5.74, 6) is 0.814. The lowest BCUT2D eigenvalue weighted by Crippen LogP contribution is -2.04. The van der Waals surface area contributed by atoms with E-state index in [1.54, 1.807) is 11.3 Å². The predicted octanol–water partition coefficient (Wildman–Crippen LogP) is 3.32. The molecule has 1 N–H and O–H groups in total. The van der Waals surface area contributed by atoms with Crippen molar-refractivity contribution in [3.8, 4) is 0 Å². The quantitative estimate of drug-likeness (QED) is 0.793. The third-order valence-corrected chi connectivity index (χ3v) is 3.91. The molecular formula is C14H14N4S. The van der Waals surface area contributed by atoms with E-state index < -0.39 is 0 Å². The minimum atomic E-state index is 0.681. The van der Waals surface area contributed by atoms with E-state index in [1.165, 1.54) is 0 Å². The smallest absolute Gasteiger partial charge is 0.156 e. The first kappa shape index (κ1) is 12.0. The number of nitrogens with zero attached hydrogens (tertiary/aromatic N) is 3. The second-order valence-corrected chi connectivity index (χ2v) is 5.36. The van der Waals surface area contributed by atoms with Gasteiger partial charge in [-0.1, -0.05) is 24.3 Å². The van der Waals surface area contributed by atoms with Crippen LogP contribution < -0.4 is 5.32 Å².